The first-order valence-corrected chi connectivity index (χ1v) is 8.78. The highest BCUT2D eigenvalue weighted by molar-refractivity contribution is 6.02. The largest absolute Gasteiger partial charge is 0.345 e. The first-order chi connectivity index (χ1) is 12.5. The fraction of sp³-hybridized carbons (Fsp3) is 0.286. The minimum atomic E-state index is -0.269. The minimum Gasteiger partial charge on any atom is -0.345 e. The van der Waals surface area contributed by atoms with Gasteiger partial charge in [0.25, 0.3) is 0 Å². The van der Waals surface area contributed by atoms with E-state index < -0.39 is 0 Å². The molecule has 2 aromatic carbocycles. The number of carbonyl (C=O) groups excluding carboxylic acids is 3. The van der Waals surface area contributed by atoms with Crippen LogP contribution in [0.15, 0.2) is 54.6 Å². The molecule has 3 rings (SSSR count). The van der Waals surface area contributed by atoms with Gasteiger partial charge in [-0.3, -0.25) is 19.3 Å². The number of likely N-dealkylation sites (tertiary alicyclic amines) is 1. The number of nitrogens with zero attached hydrogens (tertiary/aromatic N) is 1. The summed E-state index contributed by atoms with van der Waals surface area (Å²) < 4.78 is 0. The topological polar surface area (TPSA) is 66.5 Å². The number of hydrogen-bond acceptors (Lipinski definition) is 3. The Labute approximate surface area is 153 Å². The maximum atomic E-state index is 12.5. The summed E-state index contributed by atoms with van der Waals surface area (Å²) in [5.41, 5.74) is 3.12. The Bertz CT molecular complexity index is 784. The van der Waals surface area contributed by atoms with Crippen LogP contribution in [0.5, 0.6) is 0 Å². The number of benzene rings is 2. The molecule has 1 unspecified atom stereocenters. The molecule has 0 aliphatic carbocycles. The van der Waals surface area contributed by atoms with Crippen molar-refractivity contribution in [1.82, 2.24) is 10.2 Å². The molecule has 0 spiro atoms. The fourth-order valence-corrected chi connectivity index (χ4v) is 3.08. The number of nitrogens with one attached hydrogen (secondary N) is 1. The van der Waals surface area contributed by atoms with E-state index in [2.05, 4.69) is 5.32 Å². The van der Waals surface area contributed by atoms with Crippen LogP contribution in [0, 0.1) is 6.92 Å². The van der Waals surface area contributed by atoms with Gasteiger partial charge < -0.3 is 5.32 Å². The Balaban J connectivity index is 1.71. The number of hydrogen-bond donors (Lipinski definition) is 1. The van der Waals surface area contributed by atoms with Crippen LogP contribution in [0.3, 0.4) is 0 Å². The van der Waals surface area contributed by atoms with E-state index >= 15 is 0 Å². The molecular formula is C21H22N2O3. The summed E-state index contributed by atoms with van der Waals surface area (Å²) in [6.07, 6.45) is 0.597. The second-order valence-corrected chi connectivity index (χ2v) is 6.51. The van der Waals surface area contributed by atoms with Gasteiger partial charge in [0.1, 0.15) is 0 Å². The second kappa shape index (κ2) is 7.95. The van der Waals surface area contributed by atoms with Crippen LogP contribution in [-0.4, -0.2) is 29.2 Å². The molecule has 1 saturated heterocycles. The van der Waals surface area contributed by atoms with Crippen molar-refractivity contribution in [3.8, 4) is 0 Å². The van der Waals surface area contributed by atoms with Crippen molar-refractivity contribution >= 4 is 17.7 Å². The minimum absolute atomic E-state index is 0.104. The highest BCUT2D eigenvalue weighted by Gasteiger charge is 2.29. The molecule has 1 fully saturated rings. The Hall–Kier alpha value is -2.95. The van der Waals surface area contributed by atoms with E-state index in [4.69, 9.17) is 0 Å². The van der Waals surface area contributed by atoms with E-state index in [1.807, 2.05) is 61.5 Å². The molecule has 1 aliphatic rings. The molecule has 1 aliphatic heterocycles. The fourth-order valence-electron chi connectivity index (χ4n) is 3.08. The normalized spacial score (nSPS) is 15.2. The maximum absolute atomic E-state index is 12.5. The lowest BCUT2D eigenvalue weighted by Crippen LogP contribution is -2.35. The number of imide groups is 1. The quantitative estimate of drug-likeness (QED) is 0.815. The standard InChI is InChI=1S/C21H22N2O3/c1-15-7-9-17(10-8-15)21(16-5-3-2-4-6-16)22-18(24)13-14-23-19(25)11-12-20(23)26/h2-10,21H,11-14H2,1H3,(H,22,24). The second-order valence-electron chi connectivity index (χ2n) is 6.51. The summed E-state index contributed by atoms with van der Waals surface area (Å²) in [6.45, 7) is 2.16. The van der Waals surface area contributed by atoms with E-state index in [0.717, 1.165) is 16.7 Å². The molecule has 2 aromatic rings. The monoisotopic (exact) mass is 350 g/mol. The van der Waals surface area contributed by atoms with Crippen molar-refractivity contribution in [2.24, 2.45) is 0 Å². The Kier molecular flexibility index (Phi) is 5.46. The molecule has 5 heteroatoms. The molecule has 0 aromatic heterocycles. The predicted molar refractivity (Wildman–Crippen MR) is 98.2 cm³/mol. The number of amides is 3. The summed E-state index contributed by atoms with van der Waals surface area (Å²) in [5.74, 6) is -0.575. The number of aryl methyl sites for hydroxylation is 1. The average Bonchev–Trinajstić information content (AvgIpc) is 2.97. The Morgan fingerprint density at radius 2 is 1.54 bits per heavy atom. The predicted octanol–water partition coefficient (Wildman–Crippen LogP) is 2.74. The van der Waals surface area contributed by atoms with E-state index in [1.54, 1.807) is 0 Å². The molecule has 0 bridgehead atoms. The maximum Gasteiger partial charge on any atom is 0.229 e. The first kappa shape index (κ1) is 17.9. The Morgan fingerprint density at radius 3 is 2.15 bits per heavy atom. The summed E-state index contributed by atoms with van der Waals surface area (Å²) in [7, 11) is 0. The van der Waals surface area contributed by atoms with Crippen molar-refractivity contribution in [2.45, 2.75) is 32.2 Å². The number of carbonyl (C=O) groups is 3. The lowest BCUT2D eigenvalue weighted by molar-refractivity contribution is -0.138. The van der Waals surface area contributed by atoms with Crippen LogP contribution in [0.2, 0.25) is 0 Å². The van der Waals surface area contributed by atoms with Crippen LogP contribution in [0.25, 0.3) is 0 Å². The van der Waals surface area contributed by atoms with Crippen molar-refractivity contribution in [3.63, 3.8) is 0 Å². The average molecular weight is 350 g/mol. The molecule has 26 heavy (non-hydrogen) atoms. The van der Waals surface area contributed by atoms with E-state index in [9.17, 15) is 14.4 Å². The molecule has 0 radical (unpaired) electrons. The zero-order valence-electron chi connectivity index (χ0n) is 14.8. The lowest BCUT2D eigenvalue weighted by atomic mass is 9.97. The zero-order chi connectivity index (χ0) is 18.5. The number of rotatable bonds is 6. The summed E-state index contributed by atoms with van der Waals surface area (Å²) in [6, 6.07) is 17.5. The summed E-state index contributed by atoms with van der Waals surface area (Å²) in [4.78, 5) is 37.0. The van der Waals surface area contributed by atoms with Crippen LogP contribution in [0.4, 0.5) is 0 Å². The van der Waals surface area contributed by atoms with Crippen molar-refractivity contribution in [1.29, 1.82) is 0 Å². The van der Waals surface area contributed by atoms with Gasteiger partial charge in [-0.1, -0.05) is 60.2 Å². The Morgan fingerprint density at radius 1 is 0.962 bits per heavy atom. The van der Waals surface area contributed by atoms with Crippen LogP contribution < -0.4 is 5.32 Å². The van der Waals surface area contributed by atoms with Gasteiger partial charge in [0, 0.05) is 25.8 Å². The molecule has 0 saturated carbocycles. The third-order valence-electron chi connectivity index (χ3n) is 4.57. The van der Waals surface area contributed by atoms with E-state index in [-0.39, 0.29) is 49.6 Å². The zero-order valence-corrected chi connectivity index (χ0v) is 14.8. The highest BCUT2D eigenvalue weighted by Crippen LogP contribution is 2.22. The molecule has 1 atom stereocenters. The molecule has 134 valence electrons. The third-order valence-corrected chi connectivity index (χ3v) is 4.57. The van der Waals surface area contributed by atoms with Gasteiger partial charge in [0.2, 0.25) is 17.7 Å². The summed E-state index contributed by atoms with van der Waals surface area (Å²) >= 11 is 0. The molecular weight excluding hydrogens is 328 g/mol. The van der Waals surface area contributed by atoms with Crippen molar-refractivity contribution in [2.75, 3.05) is 6.54 Å². The third kappa shape index (κ3) is 4.17. The van der Waals surface area contributed by atoms with Crippen molar-refractivity contribution < 1.29 is 14.4 Å². The first-order valence-electron chi connectivity index (χ1n) is 8.78. The van der Waals surface area contributed by atoms with Gasteiger partial charge in [0.05, 0.1) is 6.04 Å². The smallest absolute Gasteiger partial charge is 0.229 e. The van der Waals surface area contributed by atoms with Crippen LogP contribution >= 0.6 is 0 Å². The van der Waals surface area contributed by atoms with E-state index in [0.29, 0.717) is 0 Å². The highest BCUT2D eigenvalue weighted by atomic mass is 16.2. The lowest BCUT2D eigenvalue weighted by Gasteiger charge is -2.21. The molecule has 5 nitrogen and oxygen atoms in total. The van der Waals surface area contributed by atoms with Gasteiger partial charge in [-0.15, -0.1) is 0 Å². The molecule has 1 heterocycles. The van der Waals surface area contributed by atoms with Crippen LogP contribution in [-0.2, 0) is 14.4 Å². The molecule has 3 amide bonds. The van der Waals surface area contributed by atoms with Gasteiger partial charge >= 0.3 is 0 Å². The summed E-state index contributed by atoms with van der Waals surface area (Å²) in [5, 5.41) is 3.03. The van der Waals surface area contributed by atoms with Crippen molar-refractivity contribution in [3.05, 3.63) is 71.3 Å². The van der Waals surface area contributed by atoms with Gasteiger partial charge in [-0.25, -0.2) is 0 Å². The van der Waals surface area contributed by atoms with Gasteiger partial charge in [-0.2, -0.15) is 0 Å². The SMILES string of the molecule is Cc1ccc(C(NC(=O)CCN2C(=O)CCC2=O)c2ccccc2)cc1. The van der Waals surface area contributed by atoms with Gasteiger partial charge in [-0.05, 0) is 18.1 Å². The van der Waals surface area contributed by atoms with E-state index in [1.165, 1.54) is 4.90 Å². The van der Waals surface area contributed by atoms with Gasteiger partial charge in [0.15, 0.2) is 0 Å². The molecule has 1 N–H and O–H groups in total. The van der Waals surface area contributed by atoms with Crippen LogP contribution in [0.1, 0.15) is 42.0 Å².